The van der Waals surface area contributed by atoms with Crippen molar-refractivity contribution in [3.63, 3.8) is 0 Å². The predicted molar refractivity (Wildman–Crippen MR) is 442 cm³/mol. The Bertz CT molecular complexity index is 4120. The monoisotopic (exact) mass is 1580 g/mol. The molecule has 20 N–H and O–H groups in total. The van der Waals surface area contributed by atoms with Gasteiger partial charge in [0.25, 0.3) is 23.6 Å². The molecule has 0 spiro atoms. The first-order valence-corrected chi connectivity index (χ1v) is 38.7. The molecule has 0 radical (unpaired) electrons. The van der Waals surface area contributed by atoms with Gasteiger partial charge in [-0.15, -0.1) is 0 Å². The zero-order valence-electron chi connectivity index (χ0n) is 64.7. The fraction of sp³-hybridized carbons (Fsp3) is 0.302. The van der Waals surface area contributed by atoms with E-state index in [1.165, 1.54) is 24.3 Å². The SMILES string of the molecule is N=C(NCCC[C@@H](NC(=O)C(c1ccccc1)c1ccccc1)C(=O)NCc1ccc(O)cc1)NC(=O)NCCCCNC(=O)c1ccc(C(=O)NCCN(CCN)CCNC(=O)c2ccc(C(=O)NCCCCNC(=O)NC(=N)NCCC[C@@H](NC(=O)C(c3ccccc3)c3ccccc3)C(=O)NCc3ccc(O)cc3)cc2)cc1. The third-order valence-corrected chi connectivity index (χ3v) is 18.6. The second-order valence-electron chi connectivity index (χ2n) is 27.3. The summed E-state index contributed by atoms with van der Waals surface area (Å²) in [5.74, 6) is -4.64. The lowest BCUT2D eigenvalue weighted by Crippen LogP contribution is -2.49. The molecule has 0 aliphatic heterocycles. The number of benzene rings is 8. The van der Waals surface area contributed by atoms with Gasteiger partial charge in [0, 0.05) is 114 Å². The van der Waals surface area contributed by atoms with Crippen molar-refractivity contribution in [3.8, 4) is 11.5 Å². The number of rotatable bonds is 44. The molecule has 0 fully saturated rings. The van der Waals surface area contributed by atoms with Crippen LogP contribution in [0.1, 0.15) is 138 Å². The molecular weight excluding hydrogens is 1480 g/mol. The van der Waals surface area contributed by atoms with Gasteiger partial charge in [-0.05, 0) is 158 Å². The summed E-state index contributed by atoms with van der Waals surface area (Å²) in [4.78, 5) is 135. The van der Waals surface area contributed by atoms with Gasteiger partial charge in [-0.25, -0.2) is 9.59 Å². The van der Waals surface area contributed by atoms with Crippen LogP contribution in [0.4, 0.5) is 9.59 Å². The van der Waals surface area contributed by atoms with Crippen molar-refractivity contribution in [2.45, 2.75) is 88.4 Å². The van der Waals surface area contributed by atoms with Gasteiger partial charge in [0.2, 0.25) is 23.6 Å². The van der Waals surface area contributed by atoms with Gasteiger partial charge >= 0.3 is 12.1 Å². The molecular formula is C86H104N18O12. The number of aromatic hydroxyl groups is 2. The number of carbonyl (C=O) groups excluding carboxylic acids is 10. The quantitative estimate of drug-likeness (QED) is 0.0118. The van der Waals surface area contributed by atoms with Crippen LogP contribution in [0.5, 0.6) is 11.5 Å². The zero-order chi connectivity index (χ0) is 82.7. The number of carbonyl (C=O) groups is 10. The number of unbranched alkanes of at least 4 members (excludes halogenated alkanes) is 2. The minimum atomic E-state index is -0.941. The molecule has 116 heavy (non-hydrogen) atoms. The van der Waals surface area contributed by atoms with Crippen LogP contribution in [0.25, 0.3) is 0 Å². The molecule has 8 rings (SSSR count). The van der Waals surface area contributed by atoms with Crippen molar-refractivity contribution in [1.82, 2.24) is 79.3 Å². The van der Waals surface area contributed by atoms with Gasteiger partial charge in [0.05, 0.1) is 11.8 Å². The van der Waals surface area contributed by atoms with Gasteiger partial charge in [0.15, 0.2) is 11.9 Å². The number of urea groups is 2. The Kier molecular flexibility index (Phi) is 36.8. The Hall–Kier alpha value is -13.5. The molecule has 610 valence electrons. The van der Waals surface area contributed by atoms with Crippen LogP contribution in [-0.4, -0.2) is 177 Å². The second kappa shape index (κ2) is 48.4. The summed E-state index contributed by atoms with van der Waals surface area (Å²) in [6, 6.07) is 59.2. The molecule has 0 aliphatic rings. The summed E-state index contributed by atoms with van der Waals surface area (Å²) in [5.41, 5.74) is 11.8. The standard InChI is InChI=1S/C86H104N18O12/c87-45-54-104(55-52-92-77(109)67-37-33-65(34-38-67)75(107)90-46-13-15-48-96-85(115)102-83(88)94-50-17-27-71(79(111)98-57-59-29-41-69(105)42-30-59)100-81(113)73(61-19-5-1-6-20-61)62-21-7-2-8-22-62)56-53-93-78(110)68-39-35-66(36-40-68)76(108)91-47-14-16-49-97-86(116)103-84(89)95-51-18-28-72(80(112)99-58-60-31-43-70(106)44-32-60)101-82(114)74(63-23-9-3-10-24-63)64-25-11-4-12-26-64/h1-12,19-26,29-44,71-74,105-106H,13-18,27-28,45-58,87H2,(H,90,107)(H,91,108)(H,92,109)(H,93,110)(H,98,111)(H,99,112)(H,100,113)(H,101,114)(H4,88,94,96,102,115)(H4,89,95,97,103,116)/t71-,72-/m1/s1. The highest BCUT2D eigenvalue weighted by Gasteiger charge is 2.30. The van der Waals surface area contributed by atoms with Crippen LogP contribution in [0.15, 0.2) is 218 Å². The van der Waals surface area contributed by atoms with E-state index in [-0.39, 0.29) is 124 Å². The smallest absolute Gasteiger partial charge is 0.321 e. The van der Waals surface area contributed by atoms with E-state index in [0.717, 1.165) is 33.4 Å². The van der Waals surface area contributed by atoms with Gasteiger partial charge < -0.3 is 79.7 Å². The molecule has 2 atom stereocenters. The maximum atomic E-state index is 14.0. The van der Waals surface area contributed by atoms with Crippen LogP contribution in [0, 0.1) is 10.8 Å². The number of guanidine groups is 2. The molecule has 8 aromatic rings. The summed E-state index contributed by atoms with van der Waals surface area (Å²) >= 11 is 0. The van der Waals surface area contributed by atoms with Gasteiger partial charge in [-0.1, -0.05) is 146 Å². The van der Waals surface area contributed by atoms with E-state index in [1.54, 1.807) is 72.8 Å². The number of nitrogens with one attached hydrogen (secondary N) is 16. The molecule has 0 saturated heterocycles. The largest absolute Gasteiger partial charge is 0.508 e. The molecule has 8 aromatic carbocycles. The van der Waals surface area contributed by atoms with E-state index in [4.69, 9.17) is 16.6 Å². The number of hydrogen-bond donors (Lipinski definition) is 19. The first-order chi connectivity index (χ1) is 56.3. The summed E-state index contributed by atoms with van der Waals surface area (Å²) < 4.78 is 0. The first-order valence-electron chi connectivity index (χ1n) is 38.7. The predicted octanol–water partition coefficient (Wildman–Crippen LogP) is 6.01. The summed E-state index contributed by atoms with van der Waals surface area (Å²) in [6.45, 7) is 4.11. The highest BCUT2D eigenvalue weighted by Crippen LogP contribution is 2.27. The average Bonchev–Trinajstić information content (AvgIpc) is 0.822. The molecule has 0 saturated carbocycles. The van der Waals surface area contributed by atoms with Crippen molar-refractivity contribution in [3.05, 3.63) is 274 Å². The van der Waals surface area contributed by atoms with Gasteiger partial charge in [-0.2, -0.15) is 0 Å². The number of nitrogens with zero attached hydrogens (tertiary/aromatic N) is 1. The molecule has 30 nitrogen and oxygen atoms in total. The van der Waals surface area contributed by atoms with E-state index in [9.17, 15) is 58.2 Å². The fourth-order valence-electron chi connectivity index (χ4n) is 12.4. The molecule has 0 aliphatic carbocycles. The van der Waals surface area contributed by atoms with E-state index in [1.807, 2.05) is 126 Å². The third-order valence-electron chi connectivity index (χ3n) is 18.6. The van der Waals surface area contributed by atoms with E-state index in [0.29, 0.717) is 100 Å². The highest BCUT2D eigenvalue weighted by molar-refractivity contribution is 6.00. The number of phenolic OH excluding ortho intramolecular Hbond substituents is 2. The Morgan fingerprint density at radius 2 is 0.603 bits per heavy atom. The molecule has 0 bridgehead atoms. The third kappa shape index (κ3) is 30.9. The lowest BCUT2D eigenvalue weighted by atomic mass is 9.90. The van der Waals surface area contributed by atoms with Crippen LogP contribution in [-0.2, 0) is 32.3 Å². The zero-order valence-corrected chi connectivity index (χ0v) is 64.7. The normalized spacial score (nSPS) is 11.3. The van der Waals surface area contributed by atoms with Gasteiger partial charge in [0.1, 0.15) is 23.6 Å². The second-order valence-corrected chi connectivity index (χ2v) is 27.3. The molecule has 0 unspecified atom stereocenters. The van der Waals surface area contributed by atoms with Gasteiger partial charge in [-0.3, -0.25) is 64.7 Å². The average molecular weight is 1580 g/mol. The maximum Gasteiger partial charge on any atom is 0.321 e. The lowest BCUT2D eigenvalue weighted by Gasteiger charge is -2.23. The Morgan fingerprint density at radius 3 is 0.905 bits per heavy atom. The van der Waals surface area contributed by atoms with E-state index < -0.39 is 47.8 Å². The fourth-order valence-corrected chi connectivity index (χ4v) is 12.4. The lowest BCUT2D eigenvalue weighted by molar-refractivity contribution is -0.129. The summed E-state index contributed by atoms with van der Waals surface area (Å²) in [5, 5.41) is 75.0. The van der Waals surface area contributed by atoms with Crippen molar-refractivity contribution in [1.29, 1.82) is 10.8 Å². The highest BCUT2D eigenvalue weighted by atomic mass is 16.3. The summed E-state index contributed by atoms with van der Waals surface area (Å²) in [6.07, 6.45) is 3.18. The topological polar surface area (TPSA) is 457 Å². The maximum absolute atomic E-state index is 14.0. The van der Waals surface area contributed by atoms with Crippen LogP contribution in [0.3, 0.4) is 0 Å². The number of hydrogen-bond acceptors (Lipinski definition) is 16. The Labute approximate surface area is 674 Å². The number of amides is 12. The molecule has 0 heterocycles. The van der Waals surface area contributed by atoms with Crippen LogP contribution >= 0.6 is 0 Å². The Morgan fingerprint density at radius 1 is 0.319 bits per heavy atom. The molecule has 0 aromatic heterocycles. The minimum absolute atomic E-state index is 0.0915. The van der Waals surface area contributed by atoms with E-state index in [2.05, 4.69) is 74.4 Å². The Balaban J connectivity index is 0.640. The first kappa shape index (κ1) is 88.1. The number of phenols is 2. The molecule has 30 heteroatoms. The van der Waals surface area contributed by atoms with Crippen molar-refractivity contribution in [2.75, 3.05) is 78.5 Å². The van der Waals surface area contributed by atoms with Crippen molar-refractivity contribution in [2.24, 2.45) is 5.73 Å². The number of nitrogens with two attached hydrogens (primary N) is 1. The van der Waals surface area contributed by atoms with Crippen LogP contribution < -0.4 is 80.2 Å². The van der Waals surface area contributed by atoms with Crippen molar-refractivity contribution >= 4 is 71.2 Å². The van der Waals surface area contributed by atoms with Crippen molar-refractivity contribution < 1.29 is 58.2 Å². The van der Waals surface area contributed by atoms with E-state index >= 15 is 0 Å². The molecule has 12 amide bonds. The summed E-state index contributed by atoms with van der Waals surface area (Å²) in [7, 11) is 0. The minimum Gasteiger partial charge on any atom is -0.508 e. The van der Waals surface area contributed by atoms with Crippen LogP contribution in [0.2, 0.25) is 0 Å².